The number of hydrogen-bond donors (Lipinski definition) is 2. The molecule has 6 nitrogen and oxygen atoms in total. The van der Waals surface area contributed by atoms with E-state index in [1.54, 1.807) is 11.0 Å². The third-order valence-corrected chi connectivity index (χ3v) is 3.82. The highest BCUT2D eigenvalue weighted by molar-refractivity contribution is 14.0. The molecular weight excluding hydrogens is 476 g/mol. The summed E-state index contributed by atoms with van der Waals surface area (Å²) in [6.07, 6.45) is -2.74. The van der Waals surface area contributed by atoms with Crippen molar-refractivity contribution in [2.24, 2.45) is 4.99 Å². The second-order valence-corrected chi connectivity index (χ2v) is 5.79. The minimum absolute atomic E-state index is 0. The van der Waals surface area contributed by atoms with Crippen LogP contribution in [0.4, 0.5) is 13.2 Å². The van der Waals surface area contributed by atoms with Gasteiger partial charge in [-0.1, -0.05) is 18.2 Å². The van der Waals surface area contributed by atoms with Crippen molar-refractivity contribution < 1.29 is 22.7 Å². The summed E-state index contributed by atoms with van der Waals surface area (Å²) in [6, 6.07) is 5.84. The number of para-hydroxylation sites is 1. The van der Waals surface area contributed by atoms with Gasteiger partial charge in [0.05, 0.1) is 13.1 Å². The van der Waals surface area contributed by atoms with Crippen LogP contribution in [0.3, 0.4) is 0 Å². The molecule has 0 aliphatic carbocycles. The SMILES string of the molecule is CCNC(=NCc1ccccc1OC(F)(F)F)NCC(=O)N1CCCC1.I. The van der Waals surface area contributed by atoms with E-state index in [1.165, 1.54) is 18.2 Å². The number of aliphatic imine (C=N–C) groups is 1. The van der Waals surface area contributed by atoms with E-state index in [9.17, 15) is 18.0 Å². The fourth-order valence-corrected chi connectivity index (χ4v) is 2.60. The van der Waals surface area contributed by atoms with Gasteiger partial charge in [-0.3, -0.25) is 4.79 Å². The van der Waals surface area contributed by atoms with Gasteiger partial charge in [0.15, 0.2) is 5.96 Å². The molecule has 10 heteroatoms. The lowest BCUT2D eigenvalue weighted by Crippen LogP contribution is -2.44. The molecular formula is C17H24F3IN4O2. The van der Waals surface area contributed by atoms with Gasteiger partial charge in [-0.25, -0.2) is 4.99 Å². The van der Waals surface area contributed by atoms with Crippen LogP contribution in [0.1, 0.15) is 25.3 Å². The summed E-state index contributed by atoms with van der Waals surface area (Å²) in [5.41, 5.74) is 0.299. The van der Waals surface area contributed by atoms with Gasteiger partial charge in [0, 0.05) is 25.2 Å². The molecule has 1 saturated heterocycles. The molecule has 1 heterocycles. The topological polar surface area (TPSA) is 66.0 Å². The number of rotatable bonds is 6. The van der Waals surface area contributed by atoms with Gasteiger partial charge >= 0.3 is 6.36 Å². The Kier molecular flexibility index (Phi) is 9.67. The Morgan fingerprint density at radius 3 is 2.52 bits per heavy atom. The average Bonchev–Trinajstić information content (AvgIpc) is 3.11. The first kappa shape index (κ1) is 23.3. The summed E-state index contributed by atoms with van der Waals surface area (Å²) in [5, 5.41) is 5.89. The summed E-state index contributed by atoms with van der Waals surface area (Å²) in [4.78, 5) is 18.1. The highest BCUT2D eigenvalue weighted by Crippen LogP contribution is 2.26. The lowest BCUT2D eigenvalue weighted by atomic mass is 10.2. The lowest BCUT2D eigenvalue weighted by molar-refractivity contribution is -0.274. The van der Waals surface area contributed by atoms with Gasteiger partial charge in [0.2, 0.25) is 5.91 Å². The normalized spacial score (nSPS) is 14.5. The lowest BCUT2D eigenvalue weighted by Gasteiger charge is -2.17. The number of likely N-dealkylation sites (tertiary alicyclic amines) is 1. The fourth-order valence-electron chi connectivity index (χ4n) is 2.60. The number of nitrogens with zero attached hydrogens (tertiary/aromatic N) is 2. The van der Waals surface area contributed by atoms with E-state index in [0.29, 0.717) is 18.1 Å². The molecule has 152 valence electrons. The third kappa shape index (κ3) is 8.22. The molecule has 27 heavy (non-hydrogen) atoms. The van der Waals surface area contributed by atoms with E-state index in [1.807, 2.05) is 6.92 Å². The zero-order valence-corrected chi connectivity index (χ0v) is 17.3. The van der Waals surface area contributed by atoms with Crippen LogP contribution in [0.25, 0.3) is 0 Å². The predicted molar refractivity (Wildman–Crippen MR) is 107 cm³/mol. The van der Waals surface area contributed by atoms with Gasteiger partial charge in [0.1, 0.15) is 5.75 Å². The number of carbonyl (C=O) groups excluding carboxylic acids is 1. The van der Waals surface area contributed by atoms with Crippen molar-refractivity contribution in [2.75, 3.05) is 26.2 Å². The van der Waals surface area contributed by atoms with Crippen molar-refractivity contribution in [1.82, 2.24) is 15.5 Å². The van der Waals surface area contributed by atoms with Crippen molar-refractivity contribution >= 4 is 35.8 Å². The molecule has 1 aromatic carbocycles. The van der Waals surface area contributed by atoms with Crippen LogP contribution in [0.5, 0.6) is 5.75 Å². The van der Waals surface area contributed by atoms with E-state index in [0.717, 1.165) is 25.9 Å². The molecule has 0 spiro atoms. The molecule has 0 unspecified atom stereocenters. The number of carbonyl (C=O) groups is 1. The summed E-state index contributed by atoms with van der Waals surface area (Å²) in [7, 11) is 0. The van der Waals surface area contributed by atoms with Crippen LogP contribution >= 0.6 is 24.0 Å². The van der Waals surface area contributed by atoms with Crippen LogP contribution < -0.4 is 15.4 Å². The second kappa shape index (κ2) is 11.2. The Morgan fingerprint density at radius 2 is 1.89 bits per heavy atom. The zero-order chi connectivity index (χ0) is 19.0. The van der Waals surface area contributed by atoms with Gasteiger partial charge in [-0.15, -0.1) is 37.1 Å². The number of amides is 1. The first-order valence-corrected chi connectivity index (χ1v) is 8.52. The third-order valence-electron chi connectivity index (χ3n) is 3.82. The molecule has 2 N–H and O–H groups in total. The Morgan fingerprint density at radius 1 is 1.22 bits per heavy atom. The molecule has 0 radical (unpaired) electrons. The molecule has 1 aliphatic heterocycles. The number of hydrogen-bond acceptors (Lipinski definition) is 3. The van der Waals surface area contributed by atoms with Gasteiger partial charge in [-0.2, -0.15) is 0 Å². The second-order valence-electron chi connectivity index (χ2n) is 5.79. The van der Waals surface area contributed by atoms with Crippen molar-refractivity contribution in [3.05, 3.63) is 29.8 Å². The van der Waals surface area contributed by atoms with E-state index >= 15 is 0 Å². The van der Waals surface area contributed by atoms with Crippen LogP contribution in [0.2, 0.25) is 0 Å². The Hall–Kier alpha value is -1.72. The highest BCUT2D eigenvalue weighted by Gasteiger charge is 2.31. The van der Waals surface area contributed by atoms with Crippen LogP contribution in [-0.2, 0) is 11.3 Å². The maximum absolute atomic E-state index is 12.5. The van der Waals surface area contributed by atoms with Gasteiger partial charge in [0.25, 0.3) is 0 Å². The molecule has 0 atom stereocenters. The summed E-state index contributed by atoms with van der Waals surface area (Å²) in [5.74, 6) is 0.0588. The maximum Gasteiger partial charge on any atom is 0.573 e. The minimum atomic E-state index is -4.76. The number of ether oxygens (including phenoxy) is 1. The first-order valence-electron chi connectivity index (χ1n) is 8.52. The molecule has 0 aromatic heterocycles. The van der Waals surface area contributed by atoms with Gasteiger partial charge < -0.3 is 20.3 Å². The molecule has 1 amide bonds. The number of benzene rings is 1. The smallest absolute Gasteiger partial charge is 0.405 e. The Balaban J connectivity index is 0.00000364. The number of halogens is 4. The molecule has 0 bridgehead atoms. The van der Waals surface area contributed by atoms with Crippen LogP contribution in [0.15, 0.2) is 29.3 Å². The van der Waals surface area contributed by atoms with E-state index in [-0.39, 0.29) is 48.7 Å². The minimum Gasteiger partial charge on any atom is -0.405 e. The first-order chi connectivity index (χ1) is 12.4. The number of alkyl halides is 3. The molecule has 1 aromatic rings. The van der Waals surface area contributed by atoms with Crippen LogP contribution in [-0.4, -0.2) is 49.3 Å². The zero-order valence-electron chi connectivity index (χ0n) is 15.0. The summed E-state index contributed by atoms with van der Waals surface area (Å²) in [6.45, 7) is 4.02. The standard InChI is InChI=1S/C17H23F3N4O2.HI/c1-2-21-16(23-12-15(25)24-9-5-6-10-24)22-11-13-7-3-4-8-14(13)26-17(18,19)20;/h3-4,7-8H,2,5-6,9-12H2,1H3,(H2,21,22,23);1H. The van der Waals surface area contributed by atoms with Crippen molar-refractivity contribution in [3.63, 3.8) is 0 Å². The van der Waals surface area contributed by atoms with E-state index in [4.69, 9.17) is 0 Å². The largest absolute Gasteiger partial charge is 0.573 e. The van der Waals surface area contributed by atoms with Crippen molar-refractivity contribution in [2.45, 2.75) is 32.7 Å². The highest BCUT2D eigenvalue weighted by atomic mass is 127. The molecule has 0 saturated carbocycles. The Bertz CT molecular complexity index is 635. The number of nitrogens with one attached hydrogen (secondary N) is 2. The predicted octanol–water partition coefficient (Wildman–Crippen LogP) is 2.88. The fraction of sp³-hybridized carbons (Fsp3) is 0.529. The molecule has 1 aliphatic rings. The average molecular weight is 500 g/mol. The van der Waals surface area contributed by atoms with E-state index in [2.05, 4.69) is 20.4 Å². The van der Waals surface area contributed by atoms with Crippen molar-refractivity contribution in [3.8, 4) is 5.75 Å². The summed E-state index contributed by atoms with van der Waals surface area (Å²) >= 11 is 0. The monoisotopic (exact) mass is 500 g/mol. The number of guanidine groups is 1. The molecule has 2 rings (SSSR count). The quantitative estimate of drug-likeness (QED) is 0.359. The summed E-state index contributed by atoms with van der Waals surface area (Å²) < 4.78 is 41.4. The van der Waals surface area contributed by atoms with Crippen molar-refractivity contribution in [1.29, 1.82) is 0 Å². The van der Waals surface area contributed by atoms with Crippen LogP contribution in [0, 0.1) is 0 Å². The Labute approximate surface area is 173 Å². The molecule has 1 fully saturated rings. The van der Waals surface area contributed by atoms with Gasteiger partial charge in [-0.05, 0) is 25.8 Å². The maximum atomic E-state index is 12.5. The van der Waals surface area contributed by atoms with E-state index < -0.39 is 6.36 Å².